The van der Waals surface area contributed by atoms with Gasteiger partial charge in [-0.2, -0.15) is 10.4 Å². The Morgan fingerprint density at radius 2 is 2.22 bits per heavy atom. The van der Waals surface area contributed by atoms with E-state index in [1.807, 2.05) is 6.92 Å². The molecule has 0 radical (unpaired) electrons. The molecule has 1 heterocycles. The largest absolute Gasteiger partial charge is 0.459 e. The number of hydrogen-bond acceptors (Lipinski definition) is 6. The Balaban J connectivity index is 2.11. The molecule has 0 aliphatic carbocycles. The van der Waals surface area contributed by atoms with E-state index in [0.29, 0.717) is 11.4 Å². The lowest BCUT2D eigenvalue weighted by atomic mass is 10.1. The first kappa shape index (κ1) is 15.8. The van der Waals surface area contributed by atoms with Gasteiger partial charge in [0.15, 0.2) is 11.6 Å². The monoisotopic (exact) mass is 310 g/mol. The highest BCUT2D eigenvalue weighted by Gasteiger charge is 2.10. The normalized spacial score (nSPS) is 10.7. The van der Waals surface area contributed by atoms with Gasteiger partial charge >= 0.3 is 0 Å². The predicted octanol–water partition coefficient (Wildman–Crippen LogP) is 2.07. The number of hydrogen-bond donors (Lipinski definition) is 4. The highest BCUT2D eigenvalue weighted by Crippen LogP contribution is 2.20. The average molecular weight is 310 g/mol. The quantitative estimate of drug-likeness (QED) is 0.380. The van der Waals surface area contributed by atoms with Crippen molar-refractivity contribution in [3.63, 3.8) is 0 Å². The lowest BCUT2D eigenvalue weighted by Crippen LogP contribution is -2.21. The van der Waals surface area contributed by atoms with Gasteiger partial charge in [0.05, 0.1) is 12.0 Å². The van der Waals surface area contributed by atoms with E-state index in [-0.39, 0.29) is 17.4 Å². The number of rotatable bonds is 5. The Labute approximate surface area is 132 Å². The summed E-state index contributed by atoms with van der Waals surface area (Å²) in [5.74, 6) is -0.546. The number of nitrogens with zero attached hydrogens (tertiary/aromatic N) is 2. The van der Waals surface area contributed by atoms with Crippen LogP contribution in [0, 0.1) is 23.7 Å². The van der Waals surface area contributed by atoms with Gasteiger partial charge in [-0.1, -0.05) is 0 Å². The van der Waals surface area contributed by atoms with E-state index < -0.39 is 5.84 Å². The van der Waals surface area contributed by atoms with Gasteiger partial charge in [-0.15, -0.1) is 0 Å². The maximum Gasteiger partial charge on any atom is 0.291 e. The number of amides is 1. The van der Waals surface area contributed by atoms with Crippen LogP contribution in [0.15, 0.2) is 46.1 Å². The van der Waals surface area contributed by atoms with Gasteiger partial charge in [0.2, 0.25) is 5.71 Å². The minimum atomic E-state index is -0.418. The fourth-order valence-electron chi connectivity index (χ4n) is 1.73. The molecule has 116 valence electrons. The molecule has 2 rings (SSSR count). The van der Waals surface area contributed by atoms with Gasteiger partial charge in [0.1, 0.15) is 6.07 Å². The molecule has 23 heavy (non-hydrogen) atoms. The molecule has 0 saturated heterocycles. The Morgan fingerprint density at radius 3 is 2.78 bits per heavy atom. The van der Waals surface area contributed by atoms with Crippen molar-refractivity contribution in [2.75, 3.05) is 10.7 Å². The molecule has 1 aromatic heterocycles. The lowest BCUT2D eigenvalue weighted by molar-refractivity contribution is 0.0996. The molecule has 5 N–H and O–H groups in total. The summed E-state index contributed by atoms with van der Waals surface area (Å²) in [5.41, 5.74) is 9.62. The zero-order chi connectivity index (χ0) is 16.8. The highest BCUT2D eigenvalue weighted by atomic mass is 16.3. The minimum Gasteiger partial charge on any atom is -0.459 e. The van der Waals surface area contributed by atoms with Crippen molar-refractivity contribution in [2.45, 2.75) is 6.92 Å². The van der Waals surface area contributed by atoms with E-state index in [9.17, 15) is 4.79 Å². The topological polar surface area (TPSA) is 140 Å². The summed E-state index contributed by atoms with van der Waals surface area (Å²) >= 11 is 0. The third-order valence-corrected chi connectivity index (χ3v) is 2.88. The molecular weight excluding hydrogens is 296 g/mol. The average Bonchev–Trinajstić information content (AvgIpc) is 3.04. The number of anilines is 2. The first-order valence-electron chi connectivity index (χ1n) is 6.55. The number of amidine groups is 1. The van der Waals surface area contributed by atoms with Crippen LogP contribution in [-0.4, -0.2) is 17.5 Å². The van der Waals surface area contributed by atoms with Crippen LogP contribution >= 0.6 is 0 Å². The highest BCUT2D eigenvalue weighted by molar-refractivity contribution is 6.45. The Kier molecular flexibility index (Phi) is 4.74. The zero-order valence-corrected chi connectivity index (χ0v) is 12.3. The number of hydrazone groups is 1. The molecule has 2 aromatic rings. The fourth-order valence-corrected chi connectivity index (χ4v) is 1.73. The van der Waals surface area contributed by atoms with Crippen LogP contribution in [0.5, 0.6) is 0 Å². The first-order chi connectivity index (χ1) is 11.0. The van der Waals surface area contributed by atoms with Gasteiger partial charge < -0.3 is 15.5 Å². The third kappa shape index (κ3) is 3.95. The van der Waals surface area contributed by atoms with Gasteiger partial charge in [0.25, 0.3) is 5.91 Å². The predicted molar refractivity (Wildman–Crippen MR) is 86.4 cm³/mol. The molecule has 0 aliphatic rings. The van der Waals surface area contributed by atoms with E-state index in [1.165, 1.54) is 6.26 Å². The number of aryl methyl sites for hydroxylation is 1. The second kappa shape index (κ2) is 6.91. The van der Waals surface area contributed by atoms with Crippen LogP contribution < -0.4 is 16.5 Å². The van der Waals surface area contributed by atoms with E-state index in [4.69, 9.17) is 20.8 Å². The molecule has 1 aromatic carbocycles. The van der Waals surface area contributed by atoms with Crippen LogP contribution in [0.1, 0.15) is 16.1 Å². The Morgan fingerprint density at radius 1 is 1.43 bits per heavy atom. The summed E-state index contributed by atoms with van der Waals surface area (Å²) in [6.07, 6.45) is 1.43. The van der Waals surface area contributed by atoms with Crippen LogP contribution in [0.4, 0.5) is 11.4 Å². The minimum absolute atomic E-state index is 0.210. The van der Waals surface area contributed by atoms with E-state index in [2.05, 4.69) is 15.8 Å². The Bertz CT molecular complexity index is 802. The molecule has 0 spiro atoms. The van der Waals surface area contributed by atoms with Gasteiger partial charge in [0, 0.05) is 5.69 Å². The maximum atomic E-state index is 11.9. The molecule has 0 unspecified atom stereocenters. The molecule has 0 fully saturated rings. The van der Waals surface area contributed by atoms with Crippen molar-refractivity contribution in [3.05, 3.63) is 47.9 Å². The van der Waals surface area contributed by atoms with Gasteiger partial charge in [-0.05, 0) is 42.8 Å². The molecule has 8 nitrogen and oxygen atoms in total. The number of nitriles is 1. The van der Waals surface area contributed by atoms with Crippen molar-refractivity contribution in [3.8, 4) is 6.07 Å². The van der Waals surface area contributed by atoms with Crippen LogP contribution in [0.25, 0.3) is 0 Å². The van der Waals surface area contributed by atoms with Gasteiger partial charge in [-0.3, -0.25) is 15.6 Å². The number of furan rings is 1. The number of benzene rings is 1. The van der Waals surface area contributed by atoms with Crippen molar-refractivity contribution in [2.24, 2.45) is 10.8 Å². The Hall–Kier alpha value is -3.60. The second-order valence-corrected chi connectivity index (χ2v) is 4.56. The van der Waals surface area contributed by atoms with Crippen molar-refractivity contribution >= 4 is 28.8 Å². The van der Waals surface area contributed by atoms with Crippen molar-refractivity contribution in [1.82, 2.24) is 0 Å². The molecule has 0 bridgehead atoms. The van der Waals surface area contributed by atoms with Crippen LogP contribution in [0.2, 0.25) is 0 Å². The molecular formula is C15H14N6O2. The summed E-state index contributed by atoms with van der Waals surface area (Å²) in [4.78, 5) is 11.9. The number of carbonyl (C=O) groups excluding carboxylic acids is 1. The SMILES string of the molecule is Cc1cc(N/N=C(\C#N)C(=N)N)ccc1NC(=O)c1ccco1. The van der Waals surface area contributed by atoms with Crippen molar-refractivity contribution < 1.29 is 9.21 Å². The lowest BCUT2D eigenvalue weighted by Gasteiger charge is -2.09. The summed E-state index contributed by atoms with van der Waals surface area (Å²) in [5, 5.41) is 22.4. The number of nitrogens with one attached hydrogen (secondary N) is 3. The summed E-state index contributed by atoms with van der Waals surface area (Å²) in [7, 11) is 0. The molecule has 0 saturated carbocycles. The van der Waals surface area contributed by atoms with E-state index >= 15 is 0 Å². The standard InChI is InChI=1S/C15H14N6O2/c1-9-7-10(20-21-12(8-16)14(17)18)4-5-11(9)19-15(22)13-3-2-6-23-13/h2-7,20H,1H3,(H3,17,18)(H,19,22)/b21-12+. The summed E-state index contributed by atoms with van der Waals surface area (Å²) in [6.45, 7) is 1.81. The molecule has 1 amide bonds. The van der Waals surface area contributed by atoms with E-state index in [1.54, 1.807) is 36.4 Å². The molecule has 0 atom stereocenters. The smallest absolute Gasteiger partial charge is 0.291 e. The summed E-state index contributed by atoms with van der Waals surface area (Å²) < 4.78 is 5.03. The molecule has 0 aliphatic heterocycles. The van der Waals surface area contributed by atoms with Crippen molar-refractivity contribution in [1.29, 1.82) is 10.7 Å². The van der Waals surface area contributed by atoms with Crippen LogP contribution in [0.3, 0.4) is 0 Å². The maximum absolute atomic E-state index is 11.9. The third-order valence-electron chi connectivity index (χ3n) is 2.88. The number of nitrogens with two attached hydrogens (primary N) is 1. The number of carbonyl (C=O) groups is 1. The first-order valence-corrected chi connectivity index (χ1v) is 6.55. The van der Waals surface area contributed by atoms with Gasteiger partial charge in [-0.25, -0.2) is 0 Å². The zero-order valence-electron chi connectivity index (χ0n) is 12.3. The van der Waals surface area contributed by atoms with Crippen LogP contribution in [-0.2, 0) is 0 Å². The summed E-state index contributed by atoms with van der Waals surface area (Å²) in [6, 6.07) is 10.0. The second-order valence-electron chi connectivity index (χ2n) is 4.56. The molecule has 8 heteroatoms. The fraction of sp³-hybridized carbons (Fsp3) is 0.0667. The van der Waals surface area contributed by atoms with E-state index in [0.717, 1.165) is 5.56 Å².